The predicted octanol–water partition coefficient (Wildman–Crippen LogP) is 1.67. The van der Waals surface area contributed by atoms with E-state index in [0.29, 0.717) is 12.5 Å². The van der Waals surface area contributed by atoms with Crippen LogP contribution in [-0.2, 0) is 0 Å². The summed E-state index contributed by atoms with van der Waals surface area (Å²) in [5.74, 6) is 0.536. The highest BCUT2D eigenvalue weighted by atomic mass is 16.3. The first-order valence-electron chi connectivity index (χ1n) is 5.55. The highest BCUT2D eigenvalue weighted by Gasteiger charge is 2.54. The standard InChI is InChI=1S/C11H21NO/c1-10(13,9-4-5-9)11(8-12)6-2-3-7-11/h9,13H,2-8,12H2,1H3. The van der Waals surface area contributed by atoms with Crippen LogP contribution >= 0.6 is 0 Å². The molecular formula is C11H21NO. The number of rotatable bonds is 3. The van der Waals surface area contributed by atoms with Crippen molar-refractivity contribution in [1.29, 1.82) is 0 Å². The third-order valence-corrected chi connectivity index (χ3v) is 4.40. The second-order valence-electron chi connectivity index (χ2n) is 5.11. The smallest absolute Gasteiger partial charge is 0.0715 e. The molecule has 2 rings (SSSR count). The van der Waals surface area contributed by atoms with Crippen molar-refractivity contribution in [3.8, 4) is 0 Å². The first-order chi connectivity index (χ1) is 6.12. The van der Waals surface area contributed by atoms with E-state index in [1.54, 1.807) is 0 Å². The third-order valence-electron chi connectivity index (χ3n) is 4.40. The second kappa shape index (κ2) is 2.96. The molecule has 2 aliphatic carbocycles. The van der Waals surface area contributed by atoms with Gasteiger partial charge in [0, 0.05) is 12.0 Å². The monoisotopic (exact) mass is 183 g/mol. The molecule has 1 unspecified atom stereocenters. The highest BCUT2D eigenvalue weighted by molar-refractivity contribution is 5.06. The Hall–Kier alpha value is -0.0800. The molecule has 0 aromatic rings. The molecule has 0 aliphatic heterocycles. The van der Waals surface area contributed by atoms with Gasteiger partial charge in [-0.15, -0.1) is 0 Å². The zero-order valence-corrected chi connectivity index (χ0v) is 8.55. The molecule has 3 N–H and O–H groups in total. The van der Waals surface area contributed by atoms with Gasteiger partial charge in [0.15, 0.2) is 0 Å². The Morgan fingerprint density at radius 1 is 1.38 bits per heavy atom. The summed E-state index contributed by atoms with van der Waals surface area (Å²) in [5, 5.41) is 10.5. The summed E-state index contributed by atoms with van der Waals surface area (Å²) in [6, 6.07) is 0. The van der Waals surface area contributed by atoms with Gasteiger partial charge in [0.05, 0.1) is 5.60 Å². The van der Waals surface area contributed by atoms with Crippen LogP contribution in [0.1, 0.15) is 45.4 Å². The van der Waals surface area contributed by atoms with Crippen LogP contribution in [0.4, 0.5) is 0 Å². The summed E-state index contributed by atoms with van der Waals surface area (Å²) in [6.45, 7) is 2.68. The Kier molecular flexibility index (Phi) is 2.16. The van der Waals surface area contributed by atoms with E-state index in [-0.39, 0.29) is 5.41 Å². The van der Waals surface area contributed by atoms with Crippen LogP contribution in [0.3, 0.4) is 0 Å². The largest absolute Gasteiger partial charge is 0.389 e. The minimum Gasteiger partial charge on any atom is -0.389 e. The molecule has 2 aliphatic rings. The van der Waals surface area contributed by atoms with Crippen LogP contribution in [0, 0.1) is 11.3 Å². The predicted molar refractivity (Wildman–Crippen MR) is 53.3 cm³/mol. The van der Waals surface area contributed by atoms with Gasteiger partial charge < -0.3 is 10.8 Å². The van der Waals surface area contributed by atoms with Crippen LogP contribution in [-0.4, -0.2) is 17.3 Å². The third kappa shape index (κ3) is 1.31. The lowest BCUT2D eigenvalue weighted by atomic mass is 9.69. The van der Waals surface area contributed by atoms with Gasteiger partial charge in [-0.3, -0.25) is 0 Å². The maximum absolute atomic E-state index is 10.5. The van der Waals surface area contributed by atoms with Crippen LogP contribution in [0.2, 0.25) is 0 Å². The van der Waals surface area contributed by atoms with Gasteiger partial charge in [-0.1, -0.05) is 12.8 Å². The van der Waals surface area contributed by atoms with Gasteiger partial charge in [0.2, 0.25) is 0 Å². The molecule has 0 bridgehead atoms. The van der Waals surface area contributed by atoms with Crippen molar-refractivity contribution in [3.05, 3.63) is 0 Å². The van der Waals surface area contributed by atoms with E-state index >= 15 is 0 Å². The van der Waals surface area contributed by atoms with E-state index in [1.807, 2.05) is 6.92 Å². The maximum atomic E-state index is 10.5. The second-order valence-corrected chi connectivity index (χ2v) is 5.11. The van der Waals surface area contributed by atoms with E-state index in [1.165, 1.54) is 25.7 Å². The average Bonchev–Trinajstić information content (AvgIpc) is 2.84. The molecule has 0 aromatic heterocycles. The van der Waals surface area contributed by atoms with Crippen LogP contribution < -0.4 is 5.73 Å². The Labute approximate surface area is 80.5 Å². The van der Waals surface area contributed by atoms with Crippen molar-refractivity contribution in [2.45, 2.75) is 51.0 Å². The van der Waals surface area contributed by atoms with Gasteiger partial charge in [-0.05, 0) is 38.5 Å². The molecule has 0 spiro atoms. The molecule has 0 aromatic carbocycles. The van der Waals surface area contributed by atoms with Crippen LogP contribution in [0.15, 0.2) is 0 Å². The van der Waals surface area contributed by atoms with E-state index in [9.17, 15) is 5.11 Å². The molecule has 0 amide bonds. The van der Waals surface area contributed by atoms with Crippen LogP contribution in [0.25, 0.3) is 0 Å². The number of hydrogen-bond donors (Lipinski definition) is 2. The van der Waals surface area contributed by atoms with Gasteiger partial charge >= 0.3 is 0 Å². The zero-order valence-electron chi connectivity index (χ0n) is 8.55. The fourth-order valence-corrected chi connectivity index (χ4v) is 3.05. The number of nitrogens with two attached hydrogens (primary N) is 1. The van der Waals surface area contributed by atoms with Gasteiger partial charge in [-0.25, -0.2) is 0 Å². The van der Waals surface area contributed by atoms with Crippen LogP contribution in [0.5, 0.6) is 0 Å². The average molecular weight is 183 g/mol. The van der Waals surface area contributed by atoms with Gasteiger partial charge in [0.25, 0.3) is 0 Å². The Morgan fingerprint density at radius 3 is 2.31 bits per heavy atom. The Morgan fingerprint density at radius 2 is 1.92 bits per heavy atom. The van der Waals surface area contributed by atoms with E-state index < -0.39 is 5.60 Å². The summed E-state index contributed by atoms with van der Waals surface area (Å²) in [6.07, 6.45) is 7.17. The molecule has 2 saturated carbocycles. The van der Waals surface area contributed by atoms with Crippen molar-refractivity contribution in [2.24, 2.45) is 17.1 Å². The molecule has 2 nitrogen and oxygen atoms in total. The first kappa shape index (κ1) is 9.47. The lowest BCUT2D eigenvalue weighted by Gasteiger charge is -2.42. The molecule has 0 heterocycles. The number of aliphatic hydroxyl groups is 1. The van der Waals surface area contributed by atoms with Crippen molar-refractivity contribution in [3.63, 3.8) is 0 Å². The quantitative estimate of drug-likeness (QED) is 0.699. The summed E-state index contributed by atoms with van der Waals surface area (Å²) in [7, 11) is 0. The molecule has 2 heteroatoms. The minimum atomic E-state index is -0.488. The minimum absolute atomic E-state index is 0.0498. The van der Waals surface area contributed by atoms with Gasteiger partial charge in [-0.2, -0.15) is 0 Å². The zero-order chi connectivity index (χ0) is 9.53. The molecule has 0 radical (unpaired) electrons. The van der Waals surface area contributed by atoms with Crippen molar-refractivity contribution >= 4 is 0 Å². The van der Waals surface area contributed by atoms with Crippen molar-refractivity contribution in [1.82, 2.24) is 0 Å². The number of hydrogen-bond acceptors (Lipinski definition) is 2. The van der Waals surface area contributed by atoms with E-state index in [0.717, 1.165) is 12.8 Å². The van der Waals surface area contributed by atoms with Crippen molar-refractivity contribution < 1.29 is 5.11 Å². The highest BCUT2D eigenvalue weighted by Crippen LogP contribution is 2.55. The van der Waals surface area contributed by atoms with Gasteiger partial charge in [0.1, 0.15) is 0 Å². The summed E-state index contributed by atoms with van der Waals surface area (Å²) in [4.78, 5) is 0. The lowest BCUT2D eigenvalue weighted by molar-refractivity contribution is -0.0808. The van der Waals surface area contributed by atoms with E-state index in [2.05, 4.69) is 0 Å². The normalized spacial score (nSPS) is 31.6. The van der Waals surface area contributed by atoms with Crippen molar-refractivity contribution in [2.75, 3.05) is 6.54 Å². The molecule has 1 atom stereocenters. The summed E-state index contributed by atoms with van der Waals surface area (Å²) in [5.41, 5.74) is 5.42. The topological polar surface area (TPSA) is 46.2 Å². The maximum Gasteiger partial charge on any atom is 0.0715 e. The summed E-state index contributed by atoms with van der Waals surface area (Å²) >= 11 is 0. The molecule has 13 heavy (non-hydrogen) atoms. The summed E-state index contributed by atoms with van der Waals surface area (Å²) < 4.78 is 0. The Bertz CT molecular complexity index is 190. The first-order valence-corrected chi connectivity index (χ1v) is 5.55. The molecular weight excluding hydrogens is 162 g/mol. The fourth-order valence-electron chi connectivity index (χ4n) is 3.05. The van der Waals surface area contributed by atoms with E-state index in [4.69, 9.17) is 5.73 Å². The molecule has 76 valence electrons. The molecule has 2 fully saturated rings. The lowest BCUT2D eigenvalue weighted by Crippen LogP contribution is -2.50. The fraction of sp³-hybridized carbons (Fsp3) is 1.00. The Balaban J connectivity index is 2.18. The molecule has 0 saturated heterocycles. The SMILES string of the molecule is CC(O)(C1CC1)C1(CN)CCCC1.